The number of H-pyrrole nitrogens is 2. The molecule has 3 atom stereocenters. The first-order valence-corrected chi connectivity index (χ1v) is 6.22. The molecule has 8 nitrogen and oxygen atoms in total. The highest BCUT2D eigenvalue weighted by Gasteiger charge is 2.35. The van der Waals surface area contributed by atoms with Crippen LogP contribution >= 0.6 is 0 Å². The van der Waals surface area contributed by atoms with Crippen molar-refractivity contribution in [2.24, 2.45) is 5.92 Å². The highest BCUT2D eigenvalue weighted by molar-refractivity contribution is 5.75. The summed E-state index contributed by atoms with van der Waals surface area (Å²) in [4.78, 5) is 19.3. The van der Waals surface area contributed by atoms with Crippen LogP contribution in [0.15, 0.2) is 11.1 Å². The molecule has 0 amide bonds. The largest absolute Gasteiger partial charge is 0.396 e. The van der Waals surface area contributed by atoms with Crippen LogP contribution in [-0.4, -0.2) is 56.2 Å². The molecule has 2 aromatic heterocycles. The van der Waals surface area contributed by atoms with Crippen LogP contribution in [0.2, 0.25) is 0 Å². The van der Waals surface area contributed by atoms with Gasteiger partial charge in [0.2, 0.25) is 0 Å². The zero-order valence-corrected chi connectivity index (χ0v) is 10.3. The topological polar surface area (TPSA) is 119 Å². The molecule has 0 aromatic carbocycles. The van der Waals surface area contributed by atoms with Gasteiger partial charge in [0.25, 0.3) is 5.56 Å². The number of aromatic amines is 2. The molecule has 3 rings (SSSR count). The van der Waals surface area contributed by atoms with Gasteiger partial charge in [-0.2, -0.15) is 5.10 Å². The smallest absolute Gasteiger partial charge is 0.279 e. The standard InChI is InChI=1S/C11H15N5O3/c17-4-6-1-16(3-8(6)18)2-7-9-10(15-14-7)11(19)13-5-12-9/h5-6,8,17-18H,1-4H2,(H,14,15)(H,12,13,19)/p+1. The van der Waals surface area contributed by atoms with Gasteiger partial charge in [-0.15, -0.1) is 0 Å². The fourth-order valence-electron chi connectivity index (χ4n) is 2.65. The van der Waals surface area contributed by atoms with E-state index in [0.717, 1.165) is 10.6 Å². The molecular weight excluding hydrogens is 250 g/mol. The number of fused-ring (bicyclic) bond motifs is 1. The second-order valence-corrected chi connectivity index (χ2v) is 4.98. The van der Waals surface area contributed by atoms with Gasteiger partial charge in [-0.3, -0.25) is 9.89 Å². The third-order valence-electron chi connectivity index (χ3n) is 3.67. The first-order chi connectivity index (χ1) is 9.19. The van der Waals surface area contributed by atoms with E-state index < -0.39 is 6.10 Å². The average molecular weight is 266 g/mol. The van der Waals surface area contributed by atoms with Gasteiger partial charge >= 0.3 is 0 Å². The summed E-state index contributed by atoms with van der Waals surface area (Å²) in [5.74, 6) is -0.0828. The molecule has 102 valence electrons. The Labute approximate surface area is 108 Å². The van der Waals surface area contributed by atoms with E-state index in [0.29, 0.717) is 30.7 Å². The number of nitrogens with one attached hydrogen (secondary N) is 3. The lowest BCUT2D eigenvalue weighted by atomic mass is 10.1. The van der Waals surface area contributed by atoms with E-state index in [1.807, 2.05) is 0 Å². The molecule has 8 heteroatoms. The summed E-state index contributed by atoms with van der Waals surface area (Å²) in [6, 6.07) is 0. The Bertz CT molecular complexity index is 637. The van der Waals surface area contributed by atoms with Gasteiger partial charge in [0, 0.05) is 0 Å². The van der Waals surface area contributed by atoms with Crippen molar-refractivity contribution in [3.8, 4) is 0 Å². The van der Waals surface area contributed by atoms with Gasteiger partial charge in [0.05, 0.1) is 25.4 Å². The minimum absolute atomic E-state index is 0.00763. The van der Waals surface area contributed by atoms with Crippen LogP contribution in [0.25, 0.3) is 11.0 Å². The molecule has 19 heavy (non-hydrogen) atoms. The Balaban J connectivity index is 1.83. The third-order valence-corrected chi connectivity index (χ3v) is 3.67. The minimum atomic E-state index is -0.481. The van der Waals surface area contributed by atoms with E-state index >= 15 is 0 Å². The monoisotopic (exact) mass is 266 g/mol. The van der Waals surface area contributed by atoms with Gasteiger partial charge in [-0.05, 0) is 0 Å². The molecule has 1 aliphatic heterocycles. The minimum Gasteiger partial charge on any atom is -0.396 e. The maximum absolute atomic E-state index is 11.5. The van der Waals surface area contributed by atoms with E-state index in [-0.39, 0.29) is 18.1 Å². The van der Waals surface area contributed by atoms with Crippen LogP contribution in [-0.2, 0) is 6.54 Å². The van der Waals surface area contributed by atoms with Crippen LogP contribution in [0.4, 0.5) is 0 Å². The van der Waals surface area contributed by atoms with Crippen molar-refractivity contribution in [2.75, 3.05) is 19.7 Å². The first kappa shape index (κ1) is 12.3. The Hall–Kier alpha value is -1.77. The number of hydrogen-bond donors (Lipinski definition) is 5. The summed E-state index contributed by atoms with van der Waals surface area (Å²) in [7, 11) is 0. The third kappa shape index (κ3) is 2.14. The summed E-state index contributed by atoms with van der Waals surface area (Å²) < 4.78 is 0. The summed E-state index contributed by atoms with van der Waals surface area (Å²) in [6.45, 7) is 1.86. The second kappa shape index (κ2) is 4.72. The Morgan fingerprint density at radius 2 is 2.26 bits per heavy atom. The zero-order valence-electron chi connectivity index (χ0n) is 10.3. The van der Waals surface area contributed by atoms with E-state index in [1.165, 1.54) is 6.33 Å². The summed E-state index contributed by atoms with van der Waals surface area (Å²) in [6.07, 6.45) is 0.875. The van der Waals surface area contributed by atoms with Crippen LogP contribution in [0.1, 0.15) is 5.69 Å². The molecule has 1 aliphatic rings. The first-order valence-electron chi connectivity index (χ1n) is 6.22. The predicted molar refractivity (Wildman–Crippen MR) is 65.5 cm³/mol. The summed E-state index contributed by atoms with van der Waals surface area (Å²) >= 11 is 0. The van der Waals surface area contributed by atoms with Crippen molar-refractivity contribution in [1.29, 1.82) is 0 Å². The van der Waals surface area contributed by atoms with Crippen LogP contribution in [0.3, 0.4) is 0 Å². The van der Waals surface area contributed by atoms with Crippen LogP contribution in [0.5, 0.6) is 0 Å². The Kier molecular flexibility index (Phi) is 3.05. The molecule has 3 unspecified atom stereocenters. The number of hydrogen-bond acceptors (Lipinski definition) is 5. The lowest BCUT2D eigenvalue weighted by molar-refractivity contribution is -0.904. The highest BCUT2D eigenvalue weighted by atomic mass is 16.3. The number of quaternary nitrogens is 1. The number of nitrogens with zero attached hydrogens (tertiary/aromatic N) is 2. The summed E-state index contributed by atoms with van der Waals surface area (Å²) in [5, 5.41) is 25.7. The van der Waals surface area contributed by atoms with Gasteiger partial charge < -0.3 is 20.1 Å². The van der Waals surface area contributed by atoms with Crippen LogP contribution in [0, 0.1) is 5.92 Å². The average Bonchev–Trinajstić information content (AvgIpc) is 2.95. The molecule has 0 bridgehead atoms. The van der Waals surface area contributed by atoms with Gasteiger partial charge in [0.1, 0.15) is 30.4 Å². The Morgan fingerprint density at radius 3 is 3.00 bits per heavy atom. The maximum Gasteiger partial charge on any atom is 0.279 e. The SMILES string of the molecule is O=c1[nH]cnc2c(C[NH+]3CC(O)C(CO)C3)[nH]nc12. The molecule has 0 saturated carbocycles. The van der Waals surface area contributed by atoms with Crippen molar-refractivity contribution >= 4 is 11.0 Å². The van der Waals surface area contributed by atoms with E-state index in [2.05, 4.69) is 20.2 Å². The summed E-state index contributed by atoms with van der Waals surface area (Å²) in [5.41, 5.74) is 1.38. The van der Waals surface area contributed by atoms with Gasteiger partial charge in [0.15, 0.2) is 5.52 Å². The zero-order chi connectivity index (χ0) is 13.4. The van der Waals surface area contributed by atoms with Gasteiger partial charge in [-0.25, -0.2) is 4.98 Å². The van der Waals surface area contributed by atoms with Crippen molar-refractivity contribution < 1.29 is 15.1 Å². The second-order valence-electron chi connectivity index (χ2n) is 4.98. The number of likely N-dealkylation sites (tertiary alicyclic amines) is 1. The number of aliphatic hydroxyl groups is 2. The molecule has 0 spiro atoms. The highest BCUT2D eigenvalue weighted by Crippen LogP contribution is 2.09. The molecule has 0 aliphatic carbocycles. The number of aromatic nitrogens is 4. The lowest BCUT2D eigenvalue weighted by Crippen LogP contribution is -3.09. The maximum atomic E-state index is 11.5. The van der Waals surface area contributed by atoms with E-state index in [9.17, 15) is 9.90 Å². The van der Waals surface area contributed by atoms with Crippen LogP contribution < -0.4 is 10.5 Å². The lowest BCUT2D eigenvalue weighted by Gasteiger charge is -2.10. The van der Waals surface area contributed by atoms with Crippen molar-refractivity contribution in [1.82, 2.24) is 20.2 Å². The number of rotatable bonds is 3. The normalized spacial score (nSPS) is 27.2. The van der Waals surface area contributed by atoms with Crippen molar-refractivity contribution in [3.05, 3.63) is 22.4 Å². The number of aliphatic hydroxyl groups excluding tert-OH is 2. The quantitative estimate of drug-likeness (QED) is 0.406. The van der Waals surface area contributed by atoms with Gasteiger partial charge in [-0.1, -0.05) is 0 Å². The fourth-order valence-corrected chi connectivity index (χ4v) is 2.65. The van der Waals surface area contributed by atoms with Crippen molar-refractivity contribution in [2.45, 2.75) is 12.6 Å². The molecule has 2 aromatic rings. The molecule has 1 saturated heterocycles. The Morgan fingerprint density at radius 1 is 1.42 bits per heavy atom. The van der Waals surface area contributed by atoms with E-state index in [1.54, 1.807) is 0 Å². The molecule has 5 N–H and O–H groups in total. The molecule has 1 fully saturated rings. The van der Waals surface area contributed by atoms with Crippen molar-refractivity contribution in [3.63, 3.8) is 0 Å². The molecule has 0 radical (unpaired) electrons. The fraction of sp³-hybridized carbons (Fsp3) is 0.545. The van der Waals surface area contributed by atoms with E-state index in [4.69, 9.17) is 5.11 Å². The predicted octanol–water partition coefficient (Wildman–Crippen LogP) is -2.99. The molecule has 3 heterocycles. The molecular formula is C11H16N5O3+.